The highest BCUT2D eigenvalue weighted by Crippen LogP contribution is 2.64. The number of aromatic hydroxyl groups is 1. The average molecular weight is 501 g/mol. The molecule has 4 aliphatic rings. The van der Waals surface area contributed by atoms with Crippen molar-refractivity contribution in [1.29, 1.82) is 0 Å². The van der Waals surface area contributed by atoms with Crippen LogP contribution in [-0.2, 0) is 19.2 Å². The number of imide groups is 2. The number of ether oxygens (including phenoxy) is 1. The Morgan fingerprint density at radius 3 is 2.41 bits per heavy atom. The Labute approximate surface area is 214 Å². The number of carbonyl (C=O) groups excluding carboxylic acids is 4. The lowest BCUT2D eigenvalue weighted by atomic mass is 9.51. The maximum absolute atomic E-state index is 14.2. The van der Waals surface area contributed by atoms with Crippen molar-refractivity contribution in [2.45, 2.75) is 25.7 Å². The average Bonchev–Trinajstić information content (AvgIpc) is 3.24. The van der Waals surface area contributed by atoms with E-state index in [2.05, 4.69) is 0 Å². The molecule has 0 aromatic heterocycles. The van der Waals surface area contributed by atoms with E-state index >= 15 is 0 Å². The third-order valence-corrected chi connectivity index (χ3v) is 9.06. The number of likely N-dealkylation sites (tertiary alicyclic amines) is 1. The molecule has 0 bridgehead atoms. The lowest BCUT2D eigenvalue weighted by Gasteiger charge is -2.49. The van der Waals surface area contributed by atoms with E-state index < -0.39 is 35.0 Å². The number of rotatable bonds is 3. The Hall–Kier alpha value is -3.94. The summed E-state index contributed by atoms with van der Waals surface area (Å²) in [4.78, 5) is 56.7. The lowest BCUT2D eigenvalue weighted by Crippen LogP contribution is -2.48. The molecule has 1 N–H and O–H groups in total. The second-order valence-electron chi connectivity index (χ2n) is 10.7. The van der Waals surface area contributed by atoms with Gasteiger partial charge in [-0.1, -0.05) is 29.8 Å². The van der Waals surface area contributed by atoms with Gasteiger partial charge in [-0.05, 0) is 56.0 Å². The van der Waals surface area contributed by atoms with Gasteiger partial charge in [-0.2, -0.15) is 0 Å². The van der Waals surface area contributed by atoms with Crippen molar-refractivity contribution in [1.82, 2.24) is 4.90 Å². The van der Waals surface area contributed by atoms with Gasteiger partial charge >= 0.3 is 0 Å². The minimum Gasteiger partial charge on any atom is -0.508 e. The first kappa shape index (κ1) is 23.5. The second kappa shape index (κ2) is 8.03. The maximum atomic E-state index is 14.2. The Morgan fingerprint density at radius 1 is 0.973 bits per heavy atom. The van der Waals surface area contributed by atoms with Gasteiger partial charge in [-0.25, -0.2) is 4.90 Å². The number of phenolic OH excluding ortho intramolecular Hbond substituents is 1. The fourth-order valence-corrected chi connectivity index (χ4v) is 7.23. The van der Waals surface area contributed by atoms with Gasteiger partial charge < -0.3 is 9.84 Å². The Kier molecular flexibility index (Phi) is 5.09. The van der Waals surface area contributed by atoms with Gasteiger partial charge in [-0.15, -0.1) is 0 Å². The third kappa shape index (κ3) is 3.01. The minimum atomic E-state index is -1.20. The van der Waals surface area contributed by atoms with E-state index in [0.717, 1.165) is 5.57 Å². The molecule has 6 atom stereocenters. The summed E-state index contributed by atoms with van der Waals surface area (Å²) in [5, 5.41) is 11.0. The van der Waals surface area contributed by atoms with Crippen LogP contribution in [0.2, 0.25) is 0 Å². The predicted octanol–water partition coefficient (Wildman–Crippen LogP) is 3.26. The quantitative estimate of drug-likeness (QED) is 0.513. The summed E-state index contributed by atoms with van der Waals surface area (Å²) < 4.78 is 5.44. The topological polar surface area (TPSA) is 104 Å². The van der Waals surface area contributed by atoms with E-state index in [1.54, 1.807) is 43.3 Å². The Bertz CT molecular complexity index is 1380. The molecule has 37 heavy (non-hydrogen) atoms. The third-order valence-electron chi connectivity index (χ3n) is 9.06. The van der Waals surface area contributed by atoms with E-state index in [0.29, 0.717) is 23.4 Å². The second-order valence-corrected chi connectivity index (χ2v) is 10.7. The summed E-state index contributed by atoms with van der Waals surface area (Å²) in [6.07, 6.45) is 2.62. The van der Waals surface area contributed by atoms with Gasteiger partial charge in [0.1, 0.15) is 11.5 Å². The SMILES string of the molecule is COc1ccc(O)c([C@H]2C3=CC[C@@H]4C(=O)N(C)C(=O)[C@@H]4[C@@H]3C[C@H]3C(=O)N(c4ccccc4)C(=O)[C@@]23C)c1. The molecule has 0 spiro atoms. The van der Waals surface area contributed by atoms with Crippen LogP contribution in [0.25, 0.3) is 0 Å². The number of para-hydroxylation sites is 1. The molecule has 8 nitrogen and oxygen atoms in total. The number of phenols is 1. The summed E-state index contributed by atoms with van der Waals surface area (Å²) in [6, 6.07) is 13.7. The molecule has 1 saturated carbocycles. The molecule has 2 aliphatic heterocycles. The number of anilines is 1. The van der Waals surface area contributed by atoms with Crippen molar-refractivity contribution < 1.29 is 29.0 Å². The van der Waals surface area contributed by atoms with Crippen LogP contribution in [0.3, 0.4) is 0 Å². The first-order chi connectivity index (χ1) is 17.7. The number of fused-ring (bicyclic) bond motifs is 4. The van der Waals surface area contributed by atoms with Crippen LogP contribution < -0.4 is 9.64 Å². The summed E-state index contributed by atoms with van der Waals surface area (Å²) >= 11 is 0. The first-order valence-corrected chi connectivity index (χ1v) is 12.5. The minimum absolute atomic E-state index is 0.0150. The van der Waals surface area contributed by atoms with E-state index in [1.165, 1.54) is 30.0 Å². The van der Waals surface area contributed by atoms with Crippen LogP contribution >= 0.6 is 0 Å². The summed E-state index contributed by atoms with van der Waals surface area (Å²) in [5.41, 5.74) is 0.589. The highest BCUT2D eigenvalue weighted by Gasteiger charge is 2.67. The van der Waals surface area contributed by atoms with Crippen molar-refractivity contribution in [3.63, 3.8) is 0 Å². The molecular formula is C29H28N2O6. The van der Waals surface area contributed by atoms with Gasteiger partial charge in [0.2, 0.25) is 23.6 Å². The predicted molar refractivity (Wildman–Crippen MR) is 133 cm³/mol. The molecule has 0 unspecified atom stereocenters. The first-order valence-electron chi connectivity index (χ1n) is 12.5. The number of carbonyl (C=O) groups is 4. The van der Waals surface area contributed by atoms with Crippen molar-refractivity contribution in [2.24, 2.45) is 29.1 Å². The zero-order valence-corrected chi connectivity index (χ0v) is 20.9. The van der Waals surface area contributed by atoms with Gasteiger partial charge in [0, 0.05) is 18.5 Å². The van der Waals surface area contributed by atoms with Gasteiger partial charge in [-0.3, -0.25) is 24.1 Å². The largest absolute Gasteiger partial charge is 0.508 e. The van der Waals surface area contributed by atoms with Crippen molar-refractivity contribution in [2.75, 3.05) is 19.1 Å². The molecule has 6 rings (SSSR count). The number of allylic oxidation sites excluding steroid dienone is 2. The molecule has 3 fully saturated rings. The Morgan fingerprint density at radius 2 is 1.70 bits per heavy atom. The molecule has 2 aromatic carbocycles. The maximum Gasteiger partial charge on any atom is 0.241 e. The molecule has 2 saturated heterocycles. The van der Waals surface area contributed by atoms with Gasteiger partial charge in [0.15, 0.2) is 0 Å². The Balaban J connectivity index is 1.57. The molecule has 8 heteroatoms. The number of hydrogen-bond acceptors (Lipinski definition) is 6. The number of nitrogens with zero attached hydrogens (tertiary/aromatic N) is 2. The summed E-state index contributed by atoms with van der Waals surface area (Å²) in [6.45, 7) is 1.79. The lowest BCUT2D eigenvalue weighted by molar-refractivity contribution is -0.138. The summed E-state index contributed by atoms with van der Waals surface area (Å²) in [5.74, 6) is -3.51. The van der Waals surface area contributed by atoms with Crippen LogP contribution in [0.15, 0.2) is 60.2 Å². The van der Waals surface area contributed by atoms with E-state index in [-0.39, 0.29) is 35.8 Å². The smallest absolute Gasteiger partial charge is 0.241 e. The molecule has 2 heterocycles. The highest BCUT2D eigenvalue weighted by atomic mass is 16.5. The number of methoxy groups -OCH3 is 1. The van der Waals surface area contributed by atoms with Crippen molar-refractivity contribution >= 4 is 29.3 Å². The molecule has 4 amide bonds. The van der Waals surface area contributed by atoms with E-state index in [1.807, 2.05) is 12.1 Å². The molecule has 190 valence electrons. The molecule has 0 radical (unpaired) electrons. The molecule has 2 aliphatic carbocycles. The number of benzene rings is 2. The fourth-order valence-electron chi connectivity index (χ4n) is 7.23. The zero-order valence-electron chi connectivity index (χ0n) is 20.9. The van der Waals surface area contributed by atoms with Crippen LogP contribution in [0.5, 0.6) is 11.5 Å². The standard InChI is InChI=1S/C29H28N2O6/c1-29-21(26(34)31(28(29)36)15-7-5-4-6-8-15)14-19-17(10-11-18-23(19)27(35)30(2)25(18)33)24(29)20-13-16(37-3)9-12-22(20)32/h4-10,12-13,18-19,21,23-24,32H,11,14H2,1-3H3/t18-,19+,21-,23-,24+,29+/m0/s1. The normalized spacial score (nSPS) is 32.7. The van der Waals surface area contributed by atoms with Gasteiger partial charge in [0.25, 0.3) is 0 Å². The van der Waals surface area contributed by atoms with E-state index in [9.17, 15) is 24.3 Å². The van der Waals surface area contributed by atoms with Crippen LogP contribution in [0, 0.1) is 29.1 Å². The van der Waals surface area contributed by atoms with Crippen LogP contribution in [-0.4, -0.2) is 47.8 Å². The van der Waals surface area contributed by atoms with Crippen LogP contribution in [0.4, 0.5) is 5.69 Å². The zero-order chi connectivity index (χ0) is 26.2. The molecular weight excluding hydrogens is 472 g/mol. The van der Waals surface area contributed by atoms with E-state index in [4.69, 9.17) is 4.74 Å². The number of hydrogen-bond donors (Lipinski definition) is 1. The van der Waals surface area contributed by atoms with Crippen molar-refractivity contribution in [3.05, 3.63) is 65.7 Å². The van der Waals surface area contributed by atoms with Crippen LogP contribution in [0.1, 0.15) is 31.2 Å². The van der Waals surface area contributed by atoms with Gasteiger partial charge in [0.05, 0.1) is 36.0 Å². The molecule has 2 aromatic rings. The summed E-state index contributed by atoms with van der Waals surface area (Å²) in [7, 11) is 3.03. The fraction of sp³-hybridized carbons (Fsp3) is 0.379. The monoisotopic (exact) mass is 500 g/mol. The highest BCUT2D eigenvalue weighted by molar-refractivity contribution is 6.24. The number of amides is 4. The van der Waals surface area contributed by atoms with Crippen molar-refractivity contribution in [3.8, 4) is 11.5 Å².